The standard InChI is InChI=1S/C22H17N3O5/c1-14(20(26)25-18-5-2-4-15(12-18)13-23)30-22(28)16-7-9-17(10-8-16)24-21(27)19-6-3-11-29-19/h2-12,14H,1H3,(H,24,27)(H,25,26)/t14-/m1/s1. The Morgan fingerprint density at radius 1 is 1.00 bits per heavy atom. The van der Waals surface area contributed by atoms with Crippen molar-refractivity contribution in [2.75, 3.05) is 10.6 Å². The van der Waals surface area contributed by atoms with Crippen molar-refractivity contribution < 1.29 is 23.5 Å². The van der Waals surface area contributed by atoms with Crippen LogP contribution in [0.4, 0.5) is 11.4 Å². The van der Waals surface area contributed by atoms with E-state index in [0.717, 1.165) is 0 Å². The third-order valence-electron chi connectivity index (χ3n) is 4.04. The number of nitriles is 1. The summed E-state index contributed by atoms with van der Waals surface area (Å²) in [5.41, 5.74) is 1.52. The Kier molecular flexibility index (Phi) is 6.25. The van der Waals surface area contributed by atoms with Crippen molar-refractivity contribution in [3.05, 3.63) is 83.8 Å². The van der Waals surface area contributed by atoms with E-state index in [0.29, 0.717) is 16.9 Å². The molecular formula is C22H17N3O5. The lowest BCUT2D eigenvalue weighted by Crippen LogP contribution is -2.30. The maximum Gasteiger partial charge on any atom is 0.338 e. The molecule has 8 heteroatoms. The Balaban J connectivity index is 1.56. The number of nitrogens with one attached hydrogen (secondary N) is 2. The molecule has 2 N–H and O–H groups in total. The van der Waals surface area contributed by atoms with E-state index in [-0.39, 0.29) is 11.3 Å². The zero-order valence-electron chi connectivity index (χ0n) is 15.9. The van der Waals surface area contributed by atoms with Gasteiger partial charge in [-0.3, -0.25) is 9.59 Å². The van der Waals surface area contributed by atoms with Gasteiger partial charge < -0.3 is 19.8 Å². The average molecular weight is 403 g/mol. The van der Waals surface area contributed by atoms with Crippen molar-refractivity contribution in [2.45, 2.75) is 13.0 Å². The largest absolute Gasteiger partial charge is 0.459 e. The molecule has 150 valence electrons. The summed E-state index contributed by atoms with van der Waals surface area (Å²) in [4.78, 5) is 36.5. The molecule has 3 aromatic rings. The smallest absolute Gasteiger partial charge is 0.338 e. The van der Waals surface area contributed by atoms with Crippen LogP contribution < -0.4 is 10.6 Å². The molecule has 2 aromatic carbocycles. The molecule has 8 nitrogen and oxygen atoms in total. The molecule has 0 aliphatic heterocycles. The van der Waals surface area contributed by atoms with Gasteiger partial charge in [0.15, 0.2) is 11.9 Å². The Hall–Kier alpha value is -4.38. The molecule has 1 heterocycles. The van der Waals surface area contributed by atoms with Crippen LogP contribution in [0, 0.1) is 11.3 Å². The quantitative estimate of drug-likeness (QED) is 0.607. The Labute approximate surface area is 172 Å². The minimum atomic E-state index is -1.05. The first kappa shape index (κ1) is 20.4. The van der Waals surface area contributed by atoms with E-state index >= 15 is 0 Å². The van der Waals surface area contributed by atoms with E-state index in [9.17, 15) is 14.4 Å². The van der Waals surface area contributed by atoms with Gasteiger partial charge >= 0.3 is 5.97 Å². The maximum atomic E-state index is 12.3. The topological polar surface area (TPSA) is 121 Å². The van der Waals surface area contributed by atoms with E-state index in [2.05, 4.69) is 10.6 Å². The highest BCUT2D eigenvalue weighted by Crippen LogP contribution is 2.14. The van der Waals surface area contributed by atoms with Gasteiger partial charge in [-0.05, 0) is 61.5 Å². The number of rotatable bonds is 6. The van der Waals surface area contributed by atoms with Gasteiger partial charge in [0.25, 0.3) is 11.8 Å². The molecule has 0 fully saturated rings. The Morgan fingerprint density at radius 2 is 1.77 bits per heavy atom. The Bertz CT molecular complexity index is 1100. The molecule has 2 amide bonds. The molecule has 0 spiro atoms. The average Bonchev–Trinajstić information content (AvgIpc) is 3.29. The van der Waals surface area contributed by atoms with Crippen LogP contribution in [-0.4, -0.2) is 23.9 Å². The molecule has 1 atom stereocenters. The van der Waals surface area contributed by atoms with E-state index in [1.807, 2.05) is 6.07 Å². The summed E-state index contributed by atoms with van der Waals surface area (Å²) in [6.07, 6.45) is 0.340. The minimum absolute atomic E-state index is 0.165. The minimum Gasteiger partial charge on any atom is -0.459 e. The number of anilines is 2. The molecule has 30 heavy (non-hydrogen) atoms. The van der Waals surface area contributed by atoms with Crippen LogP contribution in [0.2, 0.25) is 0 Å². The fourth-order valence-corrected chi connectivity index (χ4v) is 2.48. The summed E-state index contributed by atoms with van der Waals surface area (Å²) in [7, 11) is 0. The predicted molar refractivity (Wildman–Crippen MR) is 108 cm³/mol. The number of carbonyl (C=O) groups is 3. The van der Waals surface area contributed by atoms with Crippen LogP contribution in [-0.2, 0) is 9.53 Å². The number of hydrogen-bond donors (Lipinski definition) is 2. The van der Waals surface area contributed by atoms with Gasteiger partial charge in [0.05, 0.1) is 23.5 Å². The molecule has 0 saturated heterocycles. The highest BCUT2D eigenvalue weighted by molar-refractivity contribution is 6.02. The second kappa shape index (κ2) is 9.21. The van der Waals surface area contributed by atoms with E-state index in [4.69, 9.17) is 14.4 Å². The zero-order valence-corrected chi connectivity index (χ0v) is 15.9. The van der Waals surface area contributed by atoms with Gasteiger partial charge in [-0.15, -0.1) is 0 Å². The van der Waals surface area contributed by atoms with Crippen LogP contribution >= 0.6 is 0 Å². The van der Waals surface area contributed by atoms with Crippen molar-refractivity contribution in [2.24, 2.45) is 0 Å². The van der Waals surface area contributed by atoms with Gasteiger partial charge in [0.1, 0.15) is 0 Å². The number of ether oxygens (including phenoxy) is 1. The highest BCUT2D eigenvalue weighted by atomic mass is 16.5. The lowest BCUT2D eigenvalue weighted by molar-refractivity contribution is -0.123. The molecule has 0 aliphatic rings. The number of benzene rings is 2. The van der Waals surface area contributed by atoms with Crippen molar-refractivity contribution in [1.82, 2.24) is 0 Å². The SMILES string of the molecule is C[C@@H](OC(=O)c1ccc(NC(=O)c2ccco2)cc1)C(=O)Nc1cccc(C#N)c1. The van der Waals surface area contributed by atoms with Crippen LogP contribution in [0.5, 0.6) is 0 Å². The summed E-state index contributed by atoms with van der Waals surface area (Å²) in [5.74, 6) is -1.46. The van der Waals surface area contributed by atoms with Gasteiger partial charge in [0, 0.05) is 11.4 Å². The van der Waals surface area contributed by atoms with E-state index in [1.165, 1.54) is 49.6 Å². The first-order chi connectivity index (χ1) is 14.5. The first-order valence-corrected chi connectivity index (χ1v) is 8.93. The fourth-order valence-electron chi connectivity index (χ4n) is 2.48. The predicted octanol–water partition coefficient (Wildman–Crippen LogP) is 3.59. The third kappa shape index (κ3) is 5.11. The van der Waals surface area contributed by atoms with Crippen molar-refractivity contribution >= 4 is 29.2 Å². The van der Waals surface area contributed by atoms with Crippen LogP contribution in [0.3, 0.4) is 0 Å². The van der Waals surface area contributed by atoms with Crippen LogP contribution in [0.1, 0.15) is 33.4 Å². The summed E-state index contributed by atoms with van der Waals surface area (Å²) in [5, 5.41) is 14.1. The molecule has 0 unspecified atom stereocenters. The molecule has 3 rings (SSSR count). The lowest BCUT2D eigenvalue weighted by Gasteiger charge is -2.14. The van der Waals surface area contributed by atoms with Crippen molar-refractivity contribution in [1.29, 1.82) is 5.26 Å². The normalized spacial score (nSPS) is 11.1. The number of hydrogen-bond acceptors (Lipinski definition) is 6. The number of furan rings is 1. The van der Waals surface area contributed by atoms with Gasteiger partial charge in [0.2, 0.25) is 0 Å². The molecule has 0 bridgehead atoms. The molecule has 1 aromatic heterocycles. The van der Waals surface area contributed by atoms with E-state index < -0.39 is 23.9 Å². The van der Waals surface area contributed by atoms with Gasteiger partial charge in [-0.25, -0.2) is 4.79 Å². The Morgan fingerprint density at radius 3 is 2.43 bits per heavy atom. The third-order valence-corrected chi connectivity index (χ3v) is 4.04. The molecular weight excluding hydrogens is 386 g/mol. The second-order valence-corrected chi connectivity index (χ2v) is 6.24. The maximum absolute atomic E-state index is 12.3. The summed E-state index contributed by atoms with van der Waals surface area (Å²) >= 11 is 0. The fraction of sp³-hybridized carbons (Fsp3) is 0.0909. The van der Waals surface area contributed by atoms with E-state index in [1.54, 1.807) is 24.3 Å². The molecule has 0 aliphatic carbocycles. The highest BCUT2D eigenvalue weighted by Gasteiger charge is 2.19. The van der Waals surface area contributed by atoms with Crippen molar-refractivity contribution in [3.8, 4) is 6.07 Å². The van der Waals surface area contributed by atoms with Crippen molar-refractivity contribution in [3.63, 3.8) is 0 Å². The summed E-state index contributed by atoms with van der Waals surface area (Å²) in [6, 6.07) is 17.5. The number of esters is 1. The van der Waals surface area contributed by atoms with Gasteiger partial charge in [-0.1, -0.05) is 6.07 Å². The lowest BCUT2D eigenvalue weighted by atomic mass is 10.2. The molecule has 0 saturated carbocycles. The second-order valence-electron chi connectivity index (χ2n) is 6.24. The monoisotopic (exact) mass is 403 g/mol. The summed E-state index contributed by atoms with van der Waals surface area (Å²) < 4.78 is 10.2. The number of carbonyl (C=O) groups excluding carboxylic acids is 3. The van der Waals surface area contributed by atoms with Crippen LogP contribution in [0.25, 0.3) is 0 Å². The van der Waals surface area contributed by atoms with Gasteiger partial charge in [-0.2, -0.15) is 5.26 Å². The zero-order chi connectivity index (χ0) is 21.5. The number of nitrogens with zero attached hydrogens (tertiary/aromatic N) is 1. The number of amides is 2. The van der Waals surface area contributed by atoms with Crippen LogP contribution in [0.15, 0.2) is 71.3 Å². The first-order valence-electron chi connectivity index (χ1n) is 8.93. The molecule has 0 radical (unpaired) electrons. The summed E-state index contributed by atoms with van der Waals surface area (Å²) in [6.45, 7) is 1.44.